The van der Waals surface area contributed by atoms with Crippen molar-refractivity contribution in [2.45, 2.75) is 6.54 Å². The second-order valence-corrected chi connectivity index (χ2v) is 8.28. The summed E-state index contributed by atoms with van der Waals surface area (Å²) < 4.78 is 32.1. The van der Waals surface area contributed by atoms with Crippen LogP contribution in [-0.4, -0.2) is 29.7 Å². The smallest absolute Gasteiger partial charge is 0.271 e. The number of phenolic OH excluding ortho intramolecular Hbond substituents is 1. The fourth-order valence-corrected chi connectivity index (χ4v) is 3.63. The molecule has 4 aromatic rings. The molecule has 0 saturated heterocycles. The summed E-state index contributed by atoms with van der Waals surface area (Å²) >= 11 is 5.84. The van der Waals surface area contributed by atoms with Crippen LogP contribution >= 0.6 is 11.6 Å². The maximum atomic E-state index is 13.3. The van der Waals surface area contributed by atoms with Crippen LogP contribution in [-0.2, 0) is 11.3 Å². The molecular formula is C27H20ClF2N3O4. The molecule has 4 aromatic carbocycles. The molecule has 0 aromatic heterocycles. The highest BCUT2D eigenvalue weighted by Crippen LogP contribution is 2.28. The highest BCUT2D eigenvalue weighted by molar-refractivity contribution is 6.32. The van der Waals surface area contributed by atoms with Crippen molar-refractivity contribution in [2.24, 2.45) is 5.10 Å². The number of rotatable bonds is 8. The minimum atomic E-state index is -0.984. The fraction of sp³-hybridized carbons (Fsp3) is 0.0741. The monoisotopic (exact) mass is 523 g/mol. The Bertz CT molecular complexity index is 1510. The Kier molecular flexibility index (Phi) is 7.95. The summed E-state index contributed by atoms with van der Waals surface area (Å²) in [5.41, 5.74) is 3.75. The molecule has 4 rings (SSSR count). The van der Waals surface area contributed by atoms with Crippen molar-refractivity contribution in [3.63, 3.8) is 0 Å². The first-order chi connectivity index (χ1) is 17.8. The Morgan fingerprint density at radius 2 is 1.76 bits per heavy atom. The predicted octanol–water partition coefficient (Wildman–Crippen LogP) is 4.94. The number of hydrogen-bond donors (Lipinski definition) is 3. The third kappa shape index (κ3) is 6.39. The molecule has 0 spiro atoms. The summed E-state index contributed by atoms with van der Waals surface area (Å²) in [6.07, 6.45) is 1.47. The molecule has 37 heavy (non-hydrogen) atoms. The number of fused-ring (bicyclic) bond motifs is 1. The number of carbonyl (C=O) groups excluding carboxylic acids is 2. The van der Waals surface area contributed by atoms with Gasteiger partial charge in [0.25, 0.3) is 11.8 Å². The van der Waals surface area contributed by atoms with Gasteiger partial charge < -0.3 is 15.2 Å². The van der Waals surface area contributed by atoms with Crippen molar-refractivity contribution in [3.8, 4) is 11.5 Å². The van der Waals surface area contributed by atoms with Crippen LogP contribution in [0.4, 0.5) is 8.78 Å². The lowest BCUT2D eigenvalue weighted by molar-refractivity contribution is -0.123. The average Bonchev–Trinajstić information content (AvgIpc) is 2.90. The summed E-state index contributed by atoms with van der Waals surface area (Å²) in [5, 5.41) is 17.6. The van der Waals surface area contributed by atoms with Gasteiger partial charge in [0.2, 0.25) is 0 Å². The van der Waals surface area contributed by atoms with Crippen molar-refractivity contribution in [2.75, 3.05) is 6.61 Å². The number of ether oxygens (including phenoxy) is 1. The molecule has 0 radical (unpaired) electrons. The van der Waals surface area contributed by atoms with Crippen LogP contribution in [0, 0.1) is 11.6 Å². The number of carbonyl (C=O) groups is 2. The molecular weight excluding hydrogens is 504 g/mol. The van der Waals surface area contributed by atoms with Crippen LogP contribution in [0.1, 0.15) is 21.5 Å². The number of hydrazone groups is 1. The van der Waals surface area contributed by atoms with Crippen LogP contribution < -0.4 is 15.5 Å². The van der Waals surface area contributed by atoms with Gasteiger partial charge in [-0.15, -0.1) is 0 Å². The molecule has 7 nitrogen and oxygen atoms in total. The Balaban J connectivity index is 1.39. The van der Waals surface area contributed by atoms with Crippen molar-refractivity contribution < 1.29 is 28.2 Å². The van der Waals surface area contributed by atoms with E-state index < -0.39 is 23.4 Å². The Hall–Kier alpha value is -4.50. The van der Waals surface area contributed by atoms with E-state index in [4.69, 9.17) is 16.3 Å². The number of nitrogens with zero attached hydrogens (tertiary/aromatic N) is 1. The van der Waals surface area contributed by atoms with E-state index in [0.717, 1.165) is 22.9 Å². The van der Waals surface area contributed by atoms with Gasteiger partial charge in [-0.3, -0.25) is 9.59 Å². The first-order valence-electron chi connectivity index (χ1n) is 11.0. The average molecular weight is 524 g/mol. The highest BCUT2D eigenvalue weighted by atomic mass is 35.5. The largest absolute Gasteiger partial charge is 0.506 e. The number of halogens is 3. The van der Waals surface area contributed by atoms with E-state index in [2.05, 4.69) is 15.8 Å². The molecule has 0 saturated carbocycles. The molecule has 0 aliphatic carbocycles. The molecule has 2 amide bonds. The van der Waals surface area contributed by atoms with Gasteiger partial charge >= 0.3 is 0 Å². The summed E-state index contributed by atoms with van der Waals surface area (Å²) in [6, 6.07) is 18.2. The van der Waals surface area contributed by atoms with E-state index in [1.165, 1.54) is 30.5 Å². The van der Waals surface area contributed by atoms with E-state index in [-0.39, 0.29) is 29.5 Å². The van der Waals surface area contributed by atoms with Gasteiger partial charge in [-0.1, -0.05) is 41.9 Å². The third-order valence-electron chi connectivity index (χ3n) is 5.33. The van der Waals surface area contributed by atoms with Crippen LogP contribution in [0.3, 0.4) is 0 Å². The maximum absolute atomic E-state index is 13.3. The van der Waals surface area contributed by atoms with Gasteiger partial charge in [0.15, 0.2) is 18.2 Å². The van der Waals surface area contributed by atoms with Crippen molar-refractivity contribution >= 4 is 40.4 Å². The Morgan fingerprint density at radius 1 is 0.973 bits per heavy atom. The van der Waals surface area contributed by atoms with Crippen LogP contribution in [0.15, 0.2) is 77.9 Å². The first-order valence-corrected chi connectivity index (χ1v) is 11.4. The lowest BCUT2D eigenvalue weighted by Crippen LogP contribution is -2.28. The second-order valence-electron chi connectivity index (χ2n) is 7.88. The summed E-state index contributed by atoms with van der Waals surface area (Å²) in [5.74, 6) is -2.55. The first kappa shape index (κ1) is 25.6. The highest BCUT2D eigenvalue weighted by Gasteiger charge is 2.10. The Labute approximate surface area is 215 Å². The molecule has 3 N–H and O–H groups in total. The maximum Gasteiger partial charge on any atom is 0.271 e. The molecule has 0 unspecified atom stereocenters. The van der Waals surface area contributed by atoms with Crippen LogP contribution in [0.25, 0.3) is 10.8 Å². The topological polar surface area (TPSA) is 100 Å². The number of hydrogen-bond acceptors (Lipinski definition) is 5. The van der Waals surface area contributed by atoms with Crippen LogP contribution in [0.2, 0.25) is 5.02 Å². The molecule has 0 bridgehead atoms. The van der Waals surface area contributed by atoms with E-state index in [9.17, 15) is 23.5 Å². The zero-order valence-electron chi connectivity index (χ0n) is 19.2. The number of amides is 2. The van der Waals surface area contributed by atoms with Gasteiger partial charge in [-0.25, -0.2) is 14.2 Å². The van der Waals surface area contributed by atoms with Crippen LogP contribution in [0.5, 0.6) is 11.5 Å². The summed E-state index contributed by atoms with van der Waals surface area (Å²) in [6.45, 7) is -0.260. The van der Waals surface area contributed by atoms with Gasteiger partial charge in [-0.2, -0.15) is 5.10 Å². The third-order valence-corrected chi connectivity index (χ3v) is 5.63. The SMILES string of the molecule is O=C(COc1ccc(C=NNC(=O)c2ccc(O)c(Cl)c2)c2ccccc12)NCc1ccc(F)c(F)c1. The molecule has 0 aliphatic rings. The second kappa shape index (κ2) is 11.5. The zero-order valence-corrected chi connectivity index (χ0v) is 19.9. The molecule has 0 heterocycles. The molecule has 0 atom stereocenters. The quantitative estimate of drug-likeness (QED) is 0.225. The lowest BCUT2D eigenvalue weighted by atomic mass is 10.0. The number of benzene rings is 4. The van der Waals surface area contributed by atoms with Gasteiger partial charge in [0, 0.05) is 23.1 Å². The summed E-state index contributed by atoms with van der Waals surface area (Å²) in [4.78, 5) is 24.5. The minimum absolute atomic E-state index is 0.0254. The molecule has 0 aliphatic heterocycles. The predicted molar refractivity (Wildman–Crippen MR) is 136 cm³/mol. The number of aromatic hydroxyl groups is 1. The van der Waals surface area contributed by atoms with E-state index >= 15 is 0 Å². The molecule has 0 fully saturated rings. The Morgan fingerprint density at radius 3 is 2.51 bits per heavy atom. The van der Waals surface area contributed by atoms with Crippen molar-refractivity contribution in [1.29, 1.82) is 0 Å². The number of nitrogens with one attached hydrogen (secondary N) is 2. The van der Waals surface area contributed by atoms with Gasteiger partial charge in [-0.05, 0) is 53.4 Å². The van der Waals surface area contributed by atoms with Crippen molar-refractivity contribution in [3.05, 3.63) is 106 Å². The lowest BCUT2D eigenvalue weighted by Gasteiger charge is -2.11. The van der Waals surface area contributed by atoms with E-state index in [1.807, 2.05) is 24.3 Å². The zero-order chi connectivity index (χ0) is 26.4. The van der Waals surface area contributed by atoms with E-state index in [1.54, 1.807) is 12.1 Å². The van der Waals surface area contributed by atoms with E-state index in [0.29, 0.717) is 16.9 Å². The minimum Gasteiger partial charge on any atom is -0.506 e. The molecule has 188 valence electrons. The standard InChI is InChI=1S/C27H20ClF2N3O4/c28-21-12-17(6-9-24(21)34)27(36)33-32-14-18-7-10-25(20-4-2-1-3-19(18)20)37-15-26(35)31-13-16-5-8-22(29)23(30)11-16/h1-12,14,34H,13,15H2,(H,31,35)(H,33,36). The fourth-order valence-electron chi connectivity index (χ4n) is 3.45. The number of phenols is 1. The van der Waals surface area contributed by atoms with Gasteiger partial charge in [0.05, 0.1) is 11.2 Å². The van der Waals surface area contributed by atoms with Crippen molar-refractivity contribution in [1.82, 2.24) is 10.7 Å². The normalized spacial score (nSPS) is 11.0. The summed E-state index contributed by atoms with van der Waals surface area (Å²) in [7, 11) is 0. The molecule has 10 heteroatoms. The van der Waals surface area contributed by atoms with Gasteiger partial charge in [0.1, 0.15) is 11.5 Å².